The highest BCUT2D eigenvalue weighted by atomic mass is 16.4. The van der Waals surface area contributed by atoms with Crippen molar-refractivity contribution in [1.82, 2.24) is 0 Å². The molecule has 2 rings (SSSR count). The smallest absolute Gasteiger partial charge is 0.335 e. The summed E-state index contributed by atoms with van der Waals surface area (Å²) in [6.45, 7) is 0. The van der Waals surface area contributed by atoms with E-state index in [1.54, 1.807) is 24.3 Å². The van der Waals surface area contributed by atoms with Gasteiger partial charge in [0.2, 0.25) is 0 Å². The van der Waals surface area contributed by atoms with Crippen molar-refractivity contribution in [2.45, 2.75) is 37.8 Å². The van der Waals surface area contributed by atoms with Gasteiger partial charge in [0.15, 0.2) is 0 Å². The summed E-state index contributed by atoms with van der Waals surface area (Å²) in [4.78, 5) is 10.7. The van der Waals surface area contributed by atoms with Crippen LogP contribution in [-0.4, -0.2) is 28.3 Å². The molecule has 1 aromatic rings. The number of aliphatic hydroxyl groups is 1. The Kier molecular flexibility index (Phi) is 3.64. The van der Waals surface area contributed by atoms with Gasteiger partial charge >= 0.3 is 5.97 Å². The third-order valence-corrected chi connectivity index (χ3v) is 3.21. The molecule has 4 heteroatoms. The van der Waals surface area contributed by atoms with Crippen molar-refractivity contribution in [3.05, 3.63) is 29.8 Å². The van der Waals surface area contributed by atoms with Crippen LogP contribution in [0.15, 0.2) is 24.3 Å². The Labute approximate surface area is 100 Å². The molecule has 92 valence electrons. The predicted octanol–water partition coefficient (Wildman–Crippen LogP) is 2.10. The van der Waals surface area contributed by atoms with Gasteiger partial charge in [-0.25, -0.2) is 4.79 Å². The van der Waals surface area contributed by atoms with Crippen LogP contribution >= 0.6 is 0 Å². The van der Waals surface area contributed by atoms with Crippen LogP contribution in [0.1, 0.15) is 36.0 Å². The first kappa shape index (κ1) is 11.9. The maximum atomic E-state index is 10.7. The number of hydrogen-bond donors (Lipinski definition) is 3. The third kappa shape index (κ3) is 2.97. The van der Waals surface area contributed by atoms with Gasteiger partial charge in [0, 0.05) is 5.69 Å². The average Bonchev–Trinajstić information content (AvgIpc) is 2.33. The monoisotopic (exact) mass is 235 g/mol. The van der Waals surface area contributed by atoms with Crippen LogP contribution in [-0.2, 0) is 0 Å². The van der Waals surface area contributed by atoms with E-state index in [1.165, 1.54) is 0 Å². The van der Waals surface area contributed by atoms with Gasteiger partial charge in [0.05, 0.1) is 17.7 Å². The zero-order valence-electron chi connectivity index (χ0n) is 9.60. The number of hydrogen-bond acceptors (Lipinski definition) is 3. The summed E-state index contributed by atoms with van der Waals surface area (Å²) < 4.78 is 0. The van der Waals surface area contributed by atoms with Crippen LogP contribution in [0, 0.1) is 0 Å². The molecule has 17 heavy (non-hydrogen) atoms. The summed E-state index contributed by atoms with van der Waals surface area (Å²) >= 11 is 0. The summed E-state index contributed by atoms with van der Waals surface area (Å²) in [6.07, 6.45) is 3.70. The molecule has 0 spiro atoms. The highest BCUT2D eigenvalue weighted by Crippen LogP contribution is 2.22. The van der Waals surface area contributed by atoms with E-state index in [9.17, 15) is 9.90 Å². The standard InChI is InChI=1S/C13H17NO3/c15-12-4-2-1-3-11(12)14-10-7-5-9(6-8-10)13(16)17/h5-8,11-12,14-15H,1-4H2,(H,16,17). The molecule has 0 aliphatic heterocycles. The quantitative estimate of drug-likeness (QED) is 0.750. The van der Waals surface area contributed by atoms with Crippen molar-refractivity contribution in [3.63, 3.8) is 0 Å². The van der Waals surface area contributed by atoms with Crippen LogP contribution in [0.25, 0.3) is 0 Å². The van der Waals surface area contributed by atoms with E-state index in [2.05, 4.69) is 5.32 Å². The van der Waals surface area contributed by atoms with Crippen LogP contribution in [0.4, 0.5) is 5.69 Å². The zero-order valence-corrected chi connectivity index (χ0v) is 9.60. The summed E-state index contributed by atoms with van der Waals surface area (Å²) in [5, 5.41) is 21.8. The van der Waals surface area contributed by atoms with E-state index in [0.717, 1.165) is 31.4 Å². The van der Waals surface area contributed by atoms with Gasteiger partial charge in [-0.2, -0.15) is 0 Å². The van der Waals surface area contributed by atoms with Gasteiger partial charge in [-0.3, -0.25) is 0 Å². The first-order chi connectivity index (χ1) is 8.16. The molecular formula is C13H17NO3. The fourth-order valence-electron chi connectivity index (χ4n) is 2.20. The van der Waals surface area contributed by atoms with Crippen LogP contribution < -0.4 is 5.32 Å². The van der Waals surface area contributed by atoms with Gasteiger partial charge < -0.3 is 15.5 Å². The molecule has 0 bridgehead atoms. The lowest BCUT2D eigenvalue weighted by molar-refractivity contribution is 0.0697. The van der Waals surface area contributed by atoms with Crippen LogP contribution in [0.5, 0.6) is 0 Å². The number of carboxylic acids is 1. The highest BCUT2D eigenvalue weighted by molar-refractivity contribution is 5.87. The molecule has 1 saturated carbocycles. The predicted molar refractivity (Wildman–Crippen MR) is 65.3 cm³/mol. The largest absolute Gasteiger partial charge is 0.478 e. The number of aromatic carboxylic acids is 1. The Bertz CT molecular complexity index is 388. The molecule has 1 fully saturated rings. The number of aliphatic hydroxyl groups excluding tert-OH is 1. The second-order valence-electron chi connectivity index (χ2n) is 4.49. The van der Waals surface area contributed by atoms with Crippen molar-refractivity contribution in [2.24, 2.45) is 0 Å². The molecule has 0 radical (unpaired) electrons. The minimum Gasteiger partial charge on any atom is -0.478 e. The van der Waals surface area contributed by atoms with Crippen LogP contribution in [0.2, 0.25) is 0 Å². The first-order valence-electron chi connectivity index (χ1n) is 5.95. The third-order valence-electron chi connectivity index (χ3n) is 3.21. The lowest BCUT2D eigenvalue weighted by Crippen LogP contribution is -2.36. The molecular weight excluding hydrogens is 218 g/mol. The van der Waals surface area contributed by atoms with E-state index >= 15 is 0 Å². The lowest BCUT2D eigenvalue weighted by atomic mass is 9.92. The SMILES string of the molecule is O=C(O)c1ccc(NC2CCCCC2O)cc1. The molecule has 0 heterocycles. The van der Waals surface area contributed by atoms with E-state index in [4.69, 9.17) is 5.11 Å². The second-order valence-corrected chi connectivity index (χ2v) is 4.49. The van der Waals surface area contributed by atoms with Crippen molar-refractivity contribution >= 4 is 11.7 Å². The maximum absolute atomic E-state index is 10.7. The lowest BCUT2D eigenvalue weighted by Gasteiger charge is -2.29. The molecule has 1 aliphatic carbocycles. The van der Waals surface area contributed by atoms with Gasteiger partial charge in [-0.1, -0.05) is 12.8 Å². The Hall–Kier alpha value is -1.55. The van der Waals surface area contributed by atoms with Crippen molar-refractivity contribution < 1.29 is 15.0 Å². The van der Waals surface area contributed by atoms with Gasteiger partial charge in [-0.05, 0) is 37.1 Å². The first-order valence-corrected chi connectivity index (χ1v) is 5.95. The van der Waals surface area contributed by atoms with E-state index in [1.807, 2.05) is 0 Å². The molecule has 0 saturated heterocycles. The maximum Gasteiger partial charge on any atom is 0.335 e. The number of benzene rings is 1. The summed E-state index contributed by atoms with van der Waals surface area (Å²) in [6, 6.07) is 6.70. The zero-order chi connectivity index (χ0) is 12.3. The Morgan fingerprint density at radius 2 is 1.82 bits per heavy atom. The summed E-state index contributed by atoms with van der Waals surface area (Å²) in [5.41, 5.74) is 1.14. The minimum atomic E-state index is -0.922. The molecule has 1 aromatic carbocycles. The molecule has 1 aliphatic rings. The number of carboxylic acid groups (broad SMARTS) is 1. The molecule has 3 N–H and O–H groups in total. The topological polar surface area (TPSA) is 69.6 Å². The van der Waals surface area contributed by atoms with E-state index in [-0.39, 0.29) is 17.7 Å². The molecule has 4 nitrogen and oxygen atoms in total. The Morgan fingerprint density at radius 1 is 1.18 bits per heavy atom. The van der Waals surface area contributed by atoms with Gasteiger partial charge in [0.25, 0.3) is 0 Å². The minimum absolute atomic E-state index is 0.0828. The van der Waals surface area contributed by atoms with E-state index < -0.39 is 5.97 Å². The second kappa shape index (κ2) is 5.19. The fraction of sp³-hybridized carbons (Fsp3) is 0.462. The molecule has 0 aromatic heterocycles. The number of carbonyl (C=O) groups is 1. The highest BCUT2D eigenvalue weighted by Gasteiger charge is 2.22. The van der Waals surface area contributed by atoms with Crippen molar-refractivity contribution in [3.8, 4) is 0 Å². The number of nitrogens with one attached hydrogen (secondary N) is 1. The van der Waals surface area contributed by atoms with Crippen LogP contribution in [0.3, 0.4) is 0 Å². The number of anilines is 1. The van der Waals surface area contributed by atoms with Gasteiger partial charge in [0.1, 0.15) is 0 Å². The number of rotatable bonds is 3. The normalized spacial score (nSPS) is 24.3. The molecule has 2 unspecified atom stereocenters. The van der Waals surface area contributed by atoms with Gasteiger partial charge in [-0.15, -0.1) is 0 Å². The Morgan fingerprint density at radius 3 is 2.41 bits per heavy atom. The summed E-state index contributed by atoms with van der Waals surface area (Å²) in [7, 11) is 0. The van der Waals surface area contributed by atoms with Crippen molar-refractivity contribution in [2.75, 3.05) is 5.32 Å². The summed E-state index contributed by atoms with van der Waals surface area (Å²) in [5.74, 6) is -0.922. The molecule has 0 amide bonds. The molecule has 2 atom stereocenters. The average molecular weight is 235 g/mol. The fourth-order valence-corrected chi connectivity index (χ4v) is 2.20. The Balaban J connectivity index is 2.00. The van der Waals surface area contributed by atoms with Crippen molar-refractivity contribution in [1.29, 1.82) is 0 Å². The van der Waals surface area contributed by atoms with E-state index in [0.29, 0.717) is 0 Å².